The lowest BCUT2D eigenvalue weighted by Crippen LogP contribution is -2.28. The number of nitrogens with one attached hydrogen (secondary N) is 2. The van der Waals surface area contributed by atoms with Crippen molar-refractivity contribution in [3.8, 4) is 6.07 Å². The first-order valence-corrected chi connectivity index (χ1v) is 6.87. The van der Waals surface area contributed by atoms with Crippen LogP contribution in [0.5, 0.6) is 0 Å². The fourth-order valence-corrected chi connectivity index (χ4v) is 1.99. The van der Waals surface area contributed by atoms with Crippen LogP contribution in [0.4, 0.5) is 11.4 Å². The van der Waals surface area contributed by atoms with E-state index in [1.54, 1.807) is 36.4 Å². The maximum absolute atomic E-state index is 11.9. The minimum Gasteiger partial charge on any atom is -0.378 e. The van der Waals surface area contributed by atoms with E-state index in [0.717, 1.165) is 0 Å². The van der Waals surface area contributed by atoms with Crippen molar-refractivity contribution in [3.63, 3.8) is 0 Å². The summed E-state index contributed by atoms with van der Waals surface area (Å²) in [6.07, 6.45) is 0. The standard InChI is InChI=1S/C16H14N4O3/c17-11-12-4-3-5-13(10-12)16(21)19-9-8-18-14-6-1-2-7-15(14)20(22)23/h1-7,10,18H,8-9H2,(H,19,21). The number of rotatable bonds is 6. The quantitative estimate of drug-likeness (QED) is 0.483. The third-order valence-electron chi connectivity index (χ3n) is 3.08. The number of nitro groups is 1. The molecular formula is C16H14N4O3. The van der Waals surface area contributed by atoms with Crippen molar-refractivity contribution in [2.75, 3.05) is 18.4 Å². The number of nitriles is 1. The van der Waals surface area contributed by atoms with Crippen LogP contribution in [0.3, 0.4) is 0 Å². The molecular weight excluding hydrogens is 296 g/mol. The Morgan fingerprint density at radius 3 is 2.70 bits per heavy atom. The third-order valence-corrected chi connectivity index (χ3v) is 3.08. The second kappa shape index (κ2) is 7.56. The molecule has 23 heavy (non-hydrogen) atoms. The molecule has 2 rings (SSSR count). The molecule has 7 nitrogen and oxygen atoms in total. The van der Waals surface area contributed by atoms with Gasteiger partial charge in [-0.3, -0.25) is 14.9 Å². The zero-order valence-corrected chi connectivity index (χ0v) is 12.2. The Labute approximate surface area is 132 Å². The molecule has 2 aromatic carbocycles. The number of carbonyl (C=O) groups excluding carboxylic acids is 1. The van der Waals surface area contributed by atoms with Gasteiger partial charge in [-0.25, -0.2) is 0 Å². The molecule has 0 spiro atoms. The molecule has 0 aliphatic heterocycles. The van der Waals surface area contributed by atoms with Crippen LogP contribution in [0.25, 0.3) is 0 Å². The average molecular weight is 310 g/mol. The van der Waals surface area contributed by atoms with Crippen LogP contribution in [0, 0.1) is 21.4 Å². The lowest BCUT2D eigenvalue weighted by molar-refractivity contribution is -0.384. The summed E-state index contributed by atoms with van der Waals surface area (Å²) in [4.78, 5) is 22.4. The van der Waals surface area contributed by atoms with Gasteiger partial charge in [-0.05, 0) is 24.3 Å². The Kier molecular flexibility index (Phi) is 5.25. The van der Waals surface area contributed by atoms with Gasteiger partial charge in [-0.2, -0.15) is 5.26 Å². The smallest absolute Gasteiger partial charge is 0.292 e. The predicted octanol–water partition coefficient (Wildman–Crippen LogP) is 2.31. The maximum atomic E-state index is 11.9. The summed E-state index contributed by atoms with van der Waals surface area (Å²) < 4.78 is 0. The molecule has 0 saturated carbocycles. The van der Waals surface area contributed by atoms with Crippen molar-refractivity contribution in [2.45, 2.75) is 0 Å². The van der Waals surface area contributed by atoms with Crippen LogP contribution in [0.15, 0.2) is 48.5 Å². The summed E-state index contributed by atoms with van der Waals surface area (Å²) in [5, 5.41) is 25.3. The third kappa shape index (κ3) is 4.28. The van der Waals surface area contributed by atoms with E-state index in [4.69, 9.17) is 5.26 Å². The fraction of sp³-hybridized carbons (Fsp3) is 0.125. The first kappa shape index (κ1) is 16.0. The summed E-state index contributed by atoms with van der Waals surface area (Å²) in [5.74, 6) is -0.300. The second-order valence-corrected chi connectivity index (χ2v) is 4.65. The van der Waals surface area contributed by atoms with Gasteiger partial charge in [0, 0.05) is 24.7 Å². The van der Waals surface area contributed by atoms with Crippen LogP contribution in [-0.4, -0.2) is 23.9 Å². The van der Waals surface area contributed by atoms with Crippen LogP contribution in [0.1, 0.15) is 15.9 Å². The Bertz CT molecular complexity index is 768. The molecule has 2 aromatic rings. The molecule has 7 heteroatoms. The van der Waals surface area contributed by atoms with Crippen molar-refractivity contribution in [1.82, 2.24) is 5.32 Å². The van der Waals surface area contributed by atoms with E-state index in [1.165, 1.54) is 12.1 Å². The highest BCUT2D eigenvalue weighted by molar-refractivity contribution is 5.94. The number of carbonyl (C=O) groups is 1. The molecule has 0 aliphatic carbocycles. The topological polar surface area (TPSA) is 108 Å². The molecule has 0 saturated heterocycles. The summed E-state index contributed by atoms with van der Waals surface area (Å²) >= 11 is 0. The molecule has 0 aromatic heterocycles. The Hall–Kier alpha value is -3.40. The summed E-state index contributed by atoms with van der Waals surface area (Å²) in [6, 6.07) is 14.7. The average Bonchev–Trinajstić information content (AvgIpc) is 2.58. The van der Waals surface area contributed by atoms with Gasteiger partial charge in [0.25, 0.3) is 11.6 Å². The van der Waals surface area contributed by atoms with E-state index in [0.29, 0.717) is 29.9 Å². The Balaban J connectivity index is 1.87. The lowest BCUT2D eigenvalue weighted by Gasteiger charge is -2.08. The molecule has 116 valence electrons. The van der Waals surface area contributed by atoms with Gasteiger partial charge < -0.3 is 10.6 Å². The van der Waals surface area contributed by atoms with Crippen LogP contribution >= 0.6 is 0 Å². The first-order chi connectivity index (χ1) is 11.1. The summed E-state index contributed by atoms with van der Waals surface area (Å²) in [5.41, 5.74) is 1.20. The number of amides is 1. The van der Waals surface area contributed by atoms with Gasteiger partial charge >= 0.3 is 0 Å². The van der Waals surface area contributed by atoms with Crippen LogP contribution < -0.4 is 10.6 Å². The van der Waals surface area contributed by atoms with Gasteiger partial charge in [0.1, 0.15) is 5.69 Å². The highest BCUT2D eigenvalue weighted by atomic mass is 16.6. The molecule has 0 heterocycles. The summed E-state index contributed by atoms with van der Waals surface area (Å²) in [7, 11) is 0. The Morgan fingerprint density at radius 1 is 1.17 bits per heavy atom. The van der Waals surface area contributed by atoms with Crippen molar-refractivity contribution in [2.24, 2.45) is 0 Å². The number of para-hydroxylation sites is 2. The van der Waals surface area contributed by atoms with Crippen LogP contribution in [0.2, 0.25) is 0 Å². The highest BCUT2D eigenvalue weighted by Gasteiger charge is 2.11. The molecule has 0 radical (unpaired) electrons. The Morgan fingerprint density at radius 2 is 1.96 bits per heavy atom. The van der Waals surface area contributed by atoms with E-state index in [-0.39, 0.29) is 11.6 Å². The normalized spacial score (nSPS) is 9.70. The SMILES string of the molecule is N#Cc1cccc(C(=O)NCCNc2ccccc2[N+](=O)[O-])c1. The van der Waals surface area contributed by atoms with Gasteiger partial charge in [-0.1, -0.05) is 18.2 Å². The number of hydrogen-bond acceptors (Lipinski definition) is 5. The highest BCUT2D eigenvalue weighted by Crippen LogP contribution is 2.22. The van der Waals surface area contributed by atoms with E-state index in [1.807, 2.05) is 6.07 Å². The van der Waals surface area contributed by atoms with Gasteiger partial charge in [0.15, 0.2) is 0 Å². The zero-order valence-electron chi connectivity index (χ0n) is 12.2. The predicted molar refractivity (Wildman–Crippen MR) is 85.1 cm³/mol. The van der Waals surface area contributed by atoms with E-state index >= 15 is 0 Å². The van der Waals surface area contributed by atoms with E-state index in [9.17, 15) is 14.9 Å². The number of nitrogens with zero attached hydrogens (tertiary/aromatic N) is 2. The van der Waals surface area contributed by atoms with E-state index < -0.39 is 4.92 Å². The maximum Gasteiger partial charge on any atom is 0.292 e. The number of benzene rings is 2. The van der Waals surface area contributed by atoms with Gasteiger partial charge in [0.2, 0.25) is 0 Å². The lowest BCUT2D eigenvalue weighted by atomic mass is 10.1. The van der Waals surface area contributed by atoms with Gasteiger partial charge in [0.05, 0.1) is 16.6 Å². The second-order valence-electron chi connectivity index (χ2n) is 4.65. The van der Waals surface area contributed by atoms with Crippen molar-refractivity contribution in [3.05, 3.63) is 69.8 Å². The van der Waals surface area contributed by atoms with Crippen molar-refractivity contribution in [1.29, 1.82) is 5.26 Å². The van der Waals surface area contributed by atoms with Crippen LogP contribution in [-0.2, 0) is 0 Å². The zero-order chi connectivity index (χ0) is 16.7. The minimum atomic E-state index is -0.464. The fourth-order valence-electron chi connectivity index (χ4n) is 1.99. The minimum absolute atomic E-state index is 0.0134. The van der Waals surface area contributed by atoms with Crippen molar-refractivity contribution >= 4 is 17.3 Å². The number of anilines is 1. The monoisotopic (exact) mass is 310 g/mol. The molecule has 0 atom stereocenters. The van der Waals surface area contributed by atoms with E-state index in [2.05, 4.69) is 10.6 Å². The van der Waals surface area contributed by atoms with Crippen molar-refractivity contribution < 1.29 is 9.72 Å². The molecule has 0 fully saturated rings. The molecule has 0 aliphatic rings. The molecule has 0 bridgehead atoms. The summed E-state index contributed by atoms with van der Waals surface area (Å²) in [6.45, 7) is 0.635. The number of nitro benzene ring substituents is 1. The first-order valence-electron chi connectivity index (χ1n) is 6.87. The molecule has 2 N–H and O–H groups in total. The molecule has 1 amide bonds. The number of hydrogen-bond donors (Lipinski definition) is 2. The molecule has 0 unspecified atom stereocenters. The van der Waals surface area contributed by atoms with Gasteiger partial charge in [-0.15, -0.1) is 0 Å². The largest absolute Gasteiger partial charge is 0.378 e.